The zero-order valence-corrected chi connectivity index (χ0v) is 11.7. The Balaban J connectivity index is 1.91. The standard InChI is InChI=1S/C13H22N4O2/c1-13(2,3)19-12(18)17-10-8-15-11(16-10)9-4-6-14-7-5-9/h8-9,14H,4-7H2,1-3H3,(H,15,16)(H,17,18). The number of imidazole rings is 1. The fraction of sp³-hybridized carbons (Fsp3) is 0.692. The van der Waals surface area contributed by atoms with Crippen LogP contribution in [0.25, 0.3) is 0 Å². The SMILES string of the molecule is CC(C)(C)OC(=O)Nc1cnc(C2CCNCC2)[nH]1. The van der Waals surface area contributed by atoms with Gasteiger partial charge in [-0.15, -0.1) is 0 Å². The van der Waals surface area contributed by atoms with Crippen LogP contribution in [0.5, 0.6) is 0 Å². The molecule has 1 saturated heterocycles. The van der Waals surface area contributed by atoms with E-state index in [9.17, 15) is 4.79 Å². The minimum atomic E-state index is -0.498. The molecule has 0 aromatic carbocycles. The number of carbonyl (C=O) groups excluding carboxylic acids is 1. The summed E-state index contributed by atoms with van der Waals surface area (Å²) in [7, 11) is 0. The maximum atomic E-state index is 11.6. The van der Waals surface area contributed by atoms with Crippen LogP contribution in [0, 0.1) is 0 Å². The Kier molecular flexibility index (Phi) is 4.09. The van der Waals surface area contributed by atoms with E-state index in [2.05, 4.69) is 20.6 Å². The predicted octanol–water partition coefficient (Wildman–Crippen LogP) is 2.22. The first-order valence-electron chi connectivity index (χ1n) is 6.70. The molecule has 1 fully saturated rings. The molecule has 0 saturated carbocycles. The molecule has 2 heterocycles. The number of amides is 1. The van der Waals surface area contributed by atoms with Gasteiger partial charge in [-0.2, -0.15) is 0 Å². The maximum absolute atomic E-state index is 11.6. The molecule has 1 aromatic heterocycles. The first kappa shape index (κ1) is 13.9. The van der Waals surface area contributed by atoms with Crippen LogP contribution in [0.15, 0.2) is 6.20 Å². The quantitative estimate of drug-likeness (QED) is 0.767. The topological polar surface area (TPSA) is 79.0 Å². The van der Waals surface area contributed by atoms with Crippen LogP contribution in [0.4, 0.5) is 10.6 Å². The monoisotopic (exact) mass is 266 g/mol. The number of aromatic amines is 1. The number of rotatable bonds is 2. The minimum Gasteiger partial charge on any atom is -0.444 e. The highest BCUT2D eigenvalue weighted by Gasteiger charge is 2.20. The molecule has 0 aliphatic carbocycles. The number of carbonyl (C=O) groups is 1. The lowest BCUT2D eigenvalue weighted by molar-refractivity contribution is 0.0635. The second-order valence-corrected chi connectivity index (χ2v) is 5.83. The van der Waals surface area contributed by atoms with Gasteiger partial charge in [0, 0.05) is 5.92 Å². The molecule has 6 nitrogen and oxygen atoms in total. The number of ether oxygens (including phenoxy) is 1. The summed E-state index contributed by atoms with van der Waals surface area (Å²) in [6.07, 6.45) is 3.31. The molecule has 0 radical (unpaired) electrons. The van der Waals surface area contributed by atoms with Gasteiger partial charge < -0.3 is 15.0 Å². The summed E-state index contributed by atoms with van der Waals surface area (Å²) in [6.45, 7) is 7.53. The van der Waals surface area contributed by atoms with Gasteiger partial charge in [-0.3, -0.25) is 5.32 Å². The third-order valence-electron chi connectivity index (χ3n) is 2.96. The summed E-state index contributed by atoms with van der Waals surface area (Å²) in [4.78, 5) is 19.1. The van der Waals surface area contributed by atoms with E-state index in [0.29, 0.717) is 11.7 Å². The van der Waals surface area contributed by atoms with Gasteiger partial charge in [0.1, 0.15) is 17.2 Å². The normalized spacial score (nSPS) is 17.2. The molecule has 0 unspecified atom stereocenters. The van der Waals surface area contributed by atoms with Crippen LogP contribution in [0.3, 0.4) is 0 Å². The summed E-state index contributed by atoms with van der Waals surface area (Å²) >= 11 is 0. The summed E-state index contributed by atoms with van der Waals surface area (Å²) in [5, 5.41) is 5.98. The van der Waals surface area contributed by atoms with Crippen molar-refractivity contribution < 1.29 is 9.53 Å². The van der Waals surface area contributed by atoms with Crippen molar-refractivity contribution >= 4 is 11.9 Å². The second kappa shape index (κ2) is 5.61. The summed E-state index contributed by atoms with van der Waals surface area (Å²) in [5.41, 5.74) is -0.498. The van der Waals surface area contributed by atoms with Gasteiger partial charge >= 0.3 is 6.09 Å². The zero-order valence-electron chi connectivity index (χ0n) is 11.7. The van der Waals surface area contributed by atoms with E-state index in [1.807, 2.05) is 20.8 Å². The van der Waals surface area contributed by atoms with Crippen LogP contribution in [-0.4, -0.2) is 34.8 Å². The number of anilines is 1. The molecular formula is C13H22N4O2. The first-order valence-corrected chi connectivity index (χ1v) is 6.70. The lowest BCUT2D eigenvalue weighted by Gasteiger charge is -2.20. The number of nitrogens with one attached hydrogen (secondary N) is 3. The minimum absolute atomic E-state index is 0.440. The van der Waals surface area contributed by atoms with Crippen LogP contribution < -0.4 is 10.6 Å². The van der Waals surface area contributed by atoms with Gasteiger partial charge in [-0.05, 0) is 46.7 Å². The molecule has 0 bridgehead atoms. The molecule has 0 atom stereocenters. The fourth-order valence-electron chi connectivity index (χ4n) is 2.12. The van der Waals surface area contributed by atoms with Crippen molar-refractivity contribution in [1.82, 2.24) is 15.3 Å². The number of H-pyrrole nitrogens is 1. The lowest BCUT2D eigenvalue weighted by atomic mass is 9.98. The van der Waals surface area contributed by atoms with Gasteiger partial charge in [-0.1, -0.05) is 0 Å². The number of nitrogens with zero attached hydrogens (tertiary/aromatic N) is 1. The van der Waals surface area contributed by atoms with E-state index in [1.54, 1.807) is 6.20 Å². The number of piperidine rings is 1. The average molecular weight is 266 g/mol. The Morgan fingerprint density at radius 1 is 1.42 bits per heavy atom. The molecule has 19 heavy (non-hydrogen) atoms. The summed E-state index contributed by atoms with van der Waals surface area (Å²) < 4.78 is 5.19. The number of aromatic nitrogens is 2. The van der Waals surface area contributed by atoms with Crippen molar-refractivity contribution in [3.05, 3.63) is 12.0 Å². The molecule has 3 N–H and O–H groups in total. The molecule has 0 spiro atoms. The van der Waals surface area contributed by atoms with E-state index in [0.717, 1.165) is 31.8 Å². The Hall–Kier alpha value is -1.56. The molecule has 6 heteroatoms. The zero-order chi connectivity index (χ0) is 13.9. The molecule has 106 valence electrons. The average Bonchev–Trinajstić information content (AvgIpc) is 2.76. The molecule has 1 aromatic rings. The molecular weight excluding hydrogens is 244 g/mol. The predicted molar refractivity (Wildman–Crippen MR) is 73.3 cm³/mol. The van der Waals surface area contributed by atoms with Crippen molar-refractivity contribution in [2.75, 3.05) is 18.4 Å². The number of hydrogen-bond donors (Lipinski definition) is 3. The smallest absolute Gasteiger partial charge is 0.413 e. The van der Waals surface area contributed by atoms with Gasteiger partial charge in [0.25, 0.3) is 0 Å². The van der Waals surface area contributed by atoms with Crippen LogP contribution >= 0.6 is 0 Å². The third kappa shape index (κ3) is 4.24. The second-order valence-electron chi connectivity index (χ2n) is 5.83. The molecule has 1 amide bonds. The Labute approximate surface area is 113 Å². The third-order valence-corrected chi connectivity index (χ3v) is 2.96. The van der Waals surface area contributed by atoms with E-state index < -0.39 is 11.7 Å². The van der Waals surface area contributed by atoms with E-state index >= 15 is 0 Å². The fourth-order valence-corrected chi connectivity index (χ4v) is 2.12. The Morgan fingerprint density at radius 3 is 2.74 bits per heavy atom. The van der Waals surface area contributed by atoms with Gasteiger partial charge in [-0.25, -0.2) is 9.78 Å². The van der Waals surface area contributed by atoms with E-state index in [1.165, 1.54) is 0 Å². The summed E-state index contributed by atoms with van der Waals surface area (Å²) in [6, 6.07) is 0. The largest absolute Gasteiger partial charge is 0.444 e. The van der Waals surface area contributed by atoms with Gasteiger partial charge in [0.2, 0.25) is 0 Å². The number of hydrogen-bond acceptors (Lipinski definition) is 4. The van der Waals surface area contributed by atoms with Crippen molar-refractivity contribution in [2.24, 2.45) is 0 Å². The Bertz CT molecular complexity index is 430. The van der Waals surface area contributed by atoms with E-state index in [4.69, 9.17) is 4.74 Å². The van der Waals surface area contributed by atoms with Crippen molar-refractivity contribution in [3.8, 4) is 0 Å². The van der Waals surface area contributed by atoms with Gasteiger partial charge in [0.15, 0.2) is 0 Å². The lowest BCUT2D eigenvalue weighted by Crippen LogP contribution is -2.27. The Morgan fingerprint density at radius 2 is 2.11 bits per heavy atom. The highest BCUT2D eigenvalue weighted by molar-refractivity contribution is 5.83. The highest BCUT2D eigenvalue weighted by Crippen LogP contribution is 2.23. The van der Waals surface area contributed by atoms with Crippen molar-refractivity contribution in [2.45, 2.75) is 45.1 Å². The van der Waals surface area contributed by atoms with E-state index in [-0.39, 0.29) is 0 Å². The molecule has 1 aliphatic rings. The van der Waals surface area contributed by atoms with Crippen LogP contribution in [-0.2, 0) is 4.74 Å². The molecule has 2 rings (SSSR count). The maximum Gasteiger partial charge on any atom is 0.413 e. The van der Waals surface area contributed by atoms with Crippen LogP contribution in [0.2, 0.25) is 0 Å². The molecule has 1 aliphatic heterocycles. The van der Waals surface area contributed by atoms with Crippen molar-refractivity contribution in [3.63, 3.8) is 0 Å². The van der Waals surface area contributed by atoms with Crippen LogP contribution in [0.1, 0.15) is 45.4 Å². The van der Waals surface area contributed by atoms with Crippen molar-refractivity contribution in [1.29, 1.82) is 0 Å². The highest BCUT2D eigenvalue weighted by atomic mass is 16.6. The first-order chi connectivity index (χ1) is 8.94. The van der Waals surface area contributed by atoms with Gasteiger partial charge in [0.05, 0.1) is 6.20 Å². The summed E-state index contributed by atoms with van der Waals surface area (Å²) in [5.74, 6) is 1.96.